The summed E-state index contributed by atoms with van der Waals surface area (Å²) in [6.45, 7) is 0. The van der Waals surface area contributed by atoms with E-state index in [0.717, 1.165) is 12.1 Å². The Bertz CT molecular complexity index is 1020. The predicted octanol–water partition coefficient (Wildman–Crippen LogP) is 5.69. The van der Waals surface area contributed by atoms with E-state index in [1.807, 2.05) is 0 Å². The van der Waals surface area contributed by atoms with E-state index in [-0.39, 0.29) is 27.8 Å². The number of hydrogen-bond donors (Lipinski definition) is 2. The maximum Gasteiger partial charge on any atom is 0.392 e. The second-order valence-electron chi connectivity index (χ2n) is 6.01. The van der Waals surface area contributed by atoms with Gasteiger partial charge in [0.25, 0.3) is 0 Å². The molecular formula is C18H11Cl2F4NO4. The number of nitrogen functional groups attached to an aromatic ring is 1. The van der Waals surface area contributed by atoms with Crippen LogP contribution in [0.25, 0.3) is 6.08 Å². The number of para-hydroxylation sites is 1. The standard InChI is InChI=1S/C18H11Cl2F4NO4/c19-9-5-11(14(21)13(20)15(9)25)28-10-3-1-2-7-4-8(17(26)27)12(29-16(7)10)6-18(22,23)24/h1-5,12H,6,25H2,(H,26,27). The SMILES string of the molecule is Nc1c(Cl)cc(Oc2cccc3c2OC(CC(F)(F)F)C(C(=O)O)=C3)c(F)c1Cl. The third-order valence-electron chi connectivity index (χ3n) is 3.97. The molecule has 11 heteroatoms. The molecule has 154 valence electrons. The Morgan fingerprint density at radius 1 is 1.28 bits per heavy atom. The van der Waals surface area contributed by atoms with Crippen LogP contribution in [-0.4, -0.2) is 23.4 Å². The van der Waals surface area contributed by atoms with Crippen molar-refractivity contribution in [3.63, 3.8) is 0 Å². The Hall–Kier alpha value is -2.65. The van der Waals surface area contributed by atoms with Crippen LogP contribution < -0.4 is 15.2 Å². The van der Waals surface area contributed by atoms with Gasteiger partial charge in [-0.05, 0) is 12.1 Å². The lowest BCUT2D eigenvalue weighted by atomic mass is 9.99. The number of ether oxygens (including phenoxy) is 2. The summed E-state index contributed by atoms with van der Waals surface area (Å²) in [4.78, 5) is 11.4. The number of carboxylic acids is 1. The van der Waals surface area contributed by atoms with Crippen LogP contribution in [0.15, 0.2) is 29.8 Å². The fourth-order valence-electron chi connectivity index (χ4n) is 2.66. The number of aliphatic carboxylic acids is 1. The Morgan fingerprint density at radius 2 is 1.97 bits per heavy atom. The van der Waals surface area contributed by atoms with Gasteiger partial charge in [-0.1, -0.05) is 35.3 Å². The second-order valence-corrected chi connectivity index (χ2v) is 6.79. The Morgan fingerprint density at radius 3 is 2.59 bits per heavy atom. The summed E-state index contributed by atoms with van der Waals surface area (Å²) in [5.74, 6) is -3.37. The largest absolute Gasteiger partial charge is 0.481 e. The first-order valence-corrected chi connectivity index (χ1v) is 8.65. The van der Waals surface area contributed by atoms with Gasteiger partial charge in [-0.3, -0.25) is 0 Å². The van der Waals surface area contributed by atoms with Gasteiger partial charge in [0.1, 0.15) is 11.1 Å². The minimum atomic E-state index is -4.68. The molecule has 0 saturated heterocycles. The molecule has 0 aromatic heterocycles. The van der Waals surface area contributed by atoms with Crippen molar-refractivity contribution in [1.29, 1.82) is 0 Å². The van der Waals surface area contributed by atoms with Crippen LogP contribution in [0.2, 0.25) is 10.0 Å². The highest BCUT2D eigenvalue weighted by atomic mass is 35.5. The van der Waals surface area contributed by atoms with Crippen LogP contribution in [0.4, 0.5) is 23.2 Å². The van der Waals surface area contributed by atoms with Gasteiger partial charge >= 0.3 is 12.1 Å². The minimum absolute atomic E-state index is 0.0971. The zero-order valence-electron chi connectivity index (χ0n) is 14.2. The van der Waals surface area contributed by atoms with Crippen LogP contribution in [0.3, 0.4) is 0 Å². The summed E-state index contributed by atoms with van der Waals surface area (Å²) in [5.41, 5.74) is 4.89. The van der Waals surface area contributed by atoms with Crippen molar-refractivity contribution in [1.82, 2.24) is 0 Å². The molecule has 0 fully saturated rings. The van der Waals surface area contributed by atoms with Gasteiger partial charge in [-0.25, -0.2) is 9.18 Å². The van der Waals surface area contributed by atoms with E-state index < -0.39 is 46.8 Å². The molecule has 1 aliphatic heterocycles. The summed E-state index contributed by atoms with van der Waals surface area (Å²) in [6.07, 6.45) is -6.99. The molecule has 1 unspecified atom stereocenters. The lowest BCUT2D eigenvalue weighted by molar-refractivity contribution is -0.150. The Labute approximate surface area is 171 Å². The van der Waals surface area contributed by atoms with Crippen LogP contribution in [0.1, 0.15) is 12.0 Å². The molecule has 2 aromatic carbocycles. The molecule has 0 amide bonds. The first-order chi connectivity index (χ1) is 13.5. The van der Waals surface area contributed by atoms with Gasteiger partial charge in [-0.2, -0.15) is 13.2 Å². The summed E-state index contributed by atoms with van der Waals surface area (Å²) >= 11 is 11.6. The summed E-state index contributed by atoms with van der Waals surface area (Å²) < 4.78 is 63.6. The molecule has 3 rings (SSSR count). The lowest BCUT2D eigenvalue weighted by Gasteiger charge is -2.27. The summed E-state index contributed by atoms with van der Waals surface area (Å²) in [7, 11) is 0. The molecule has 0 saturated carbocycles. The number of rotatable bonds is 4. The van der Waals surface area contributed by atoms with Crippen molar-refractivity contribution in [2.75, 3.05) is 5.73 Å². The van der Waals surface area contributed by atoms with E-state index in [1.54, 1.807) is 0 Å². The smallest absolute Gasteiger partial charge is 0.392 e. The minimum Gasteiger partial charge on any atom is -0.481 e. The monoisotopic (exact) mass is 451 g/mol. The predicted molar refractivity (Wildman–Crippen MR) is 98.0 cm³/mol. The normalized spacial score (nSPS) is 15.9. The average Bonchev–Trinajstić information content (AvgIpc) is 2.63. The number of carboxylic acid groups (broad SMARTS) is 1. The number of nitrogens with two attached hydrogens (primary N) is 1. The van der Waals surface area contributed by atoms with Crippen molar-refractivity contribution in [3.8, 4) is 17.2 Å². The summed E-state index contributed by atoms with van der Waals surface area (Å²) in [5, 5.41) is 8.64. The highest BCUT2D eigenvalue weighted by Gasteiger charge is 2.39. The number of halogens is 6. The van der Waals surface area contributed by atoms with Gasteiger partial charge in [0.15, 0.2) is 23.1 Å². The van der Waals surface area contributed by atoms with Gasteiger partial charge in [0.05, 0.1) is 22.7 Å². The summed E-state index contributed by atoms with van der Waals surface area (Å²) in [6, 6.07) is 5.19. The second kappa shape index (κ2) is 7.64. The van der Waals surface area contributed by atoms with Crippen LogP contribution in [0, 0.1) is 5.82 Å². The molecule has 3 N–H and O–H groups in total. The van der Waals surface area contributed by atoms with Crippen LogP contribution in [-0.2, 0) is 4.79 Å². The maximum atomic E-state index is 14.4. The fraction of sp³-hybridized carbons (Fsp3) is 0.167. The quantitative estimate of drug-likeness (QED) is 0.354. The number of hydrogen-bond acceptors (Lipinski definition) is 4. The van der Waals surface area contributed by atoms with Crippen molar-refractivity contribution < 1.29 is 36.9 Å². The molecule has 0 radical (unpaired) electrons. The average molecular weight is 452 g/mol. The number of anilines is 1. The molecule has 0 aliphatic carbocycles. The van der Waals surface area contributed by atoms with Crippen molar-refractivity contribution in [3.05, 3.63) is 51.3 Å². The molecule has 5 nitrogen and oxygen atoms in total. The van der Waals surface area contributed by atoms with Gasteiger partial charge in [0.2, 0.25) is 0 Å². The number of benzene rings is 2. The molecule has 1 atom stereocenters. The van der Waals surface area contributed by atoms with Crippen molar-refractivity contribution in [2.24, 2.45) is 0 Å². The molecule has 1 heterocycles. The van der Waals surface area contributed by atoms with Gasteiger partial charge < -0.3 is 20.3 Å². The number of fused-ring (bicyclic) bond motifs is 1. The zero-order chi connectivity index (χ0) is 21.5. The van der Waals surface area contributed by atoms with Gasteiger partial charge in [0, 0.05) is 11.6 Å². The van der Waals surface area contributed by atoms with E-state index in [4.69, 9.17) is 38.4 Å². The lowest BCUT2D eigenvalue weighted by Crippen LogP contribution is -2.32. The zero-order valence-corrected chi connectivity index (χ0v) is 15.7. The molecule has 29 heavy (non-hydrogen) atoms. The molecule has 0 spiro atoms. The van der Waals surface area contributed by atoms with E-state index in [1.165, 1.54) is 18.2 Å². The third-order valence-corrected chi connectivity index (χ3v) is 4.65. The topological polar surface area (TPSA) is 81.8 Å². The van der Waals surface area contributed by atoms with Crippen molar-refractivity contribution in [2.45, 2.75) is 18.7 Å². The highest BCUT2D eigenvalue weighted by Crippen LogP contribution is 2.44. The molecular weight excluding hydrogens is 441 g/mol. The van der Waals surface area contributed by atoms with Gasteiger partial charge in [-0.15, -0.1) is 0 Å². The van der Waals surface area contributed by atoms with E-state index >= 15 is 0 Å². The van der Waals surface area contributed by atoms with E-state index in [0.29, 0.717) is 0 Å². The van der Waals surface area contributed by atoms with E-state index in [2.05, 4.69) is 0 Å². The molecule has 2 aromatic rings. The molecule has 1 aliphatic rings. The Balaban J connectivity index is 2.05. The number of alkyl halides is 3. The first kappa shape index (κ1) is 21.1. The highest BCUT2D eigenvalue weighted by molar-refractivity contribution is 6.39. The van der Waals surface area contributed by atoms with Crippen molar-refractivity contribution >= 4 is 40.9 Å². The Kier molecular flexibility index (Phi) is 5.55. The van der Waals surface area contributed by atoms with Crippen LogP contribution >= 0.6 is 23.2 Å². The fourth-order valence-corrected chi connectivity index (χ4v) is 3.10. The third kappa shape index (κ3) is 4.35. The first-order valence-electron chi connectivity index (χ1n) is 7.90. The van der Waals surface area contributed by atoms with E-state index in [9.17, 15) is 27.5 Å². The maximum absolute atomic E-state index is 14.4. The molecule has 0 bridgehead atoms. The number of carbonyl (C=O) groups is 1. The van der Waals surface area contributed by atoms with Crippen LogP contribution in [0.5, 0.6) is 17.2 Å².